The summed E-state index contributed by atoms with van der Waals surface area (Å²) in [7, 11) is 0. The molecular formula is C21H22F7N3O3. The third kappa shape index (κ3) is 6.06. The lowest BCUT2D eigenvalue weighted by molar-refractivity contribution is -0.151. The van der Waals surface area contributed by atoms with Gasteiger partial charge in [0.2, 0.25) is 0 Å². The second-order valence-corrected chi connectivity index (χ2v) is 8.17. The molecule has 0 aliphatic heterocycles. The molecule has 1 aliphatic rings. The Labute approximate surface area is 189 Å². The van der Waals surface area contributed by atoms with Gasteiger partial charge in [0.25, 0.3) is 5.91 Å². The van der Waals surface area contributed by atoms with E-state index in [-0.39, 0.29) is 23.3 Å². The topological polar surface area (TPSA) is 87.4 Å². The normalized spacial score (nSPS) is 20.3. The van der Waals surface area contributed by atoms with Crippen molar-refractivity contribution in [2.75, 3.05) is 0 Å². The molecule has 2 aromatic rings. The van der Waals surface area contributed by atoms with Gasteiger partial charge in [0.05, 0.1) is 11.7 Å². The molecule has 3 rings (SSSR count). The second-order valence-electron chi connectivity index (χ2n) is 8.17. The average molecular weight is 497 g/mol. The third-order valence-electron chi connectivity index (χ3n) is 5.60. The Kier molecular flexibility index (Phi) is 7.56. The molecule has 13 heteroatoms. The van der Waals surface area contributed by atoms with E-state index in [0.717, 1.165) is 13.0 Å². The first kappa shape index (κ1) is 25.9. The number of hydrogen-bond donors (Lipinski definition) is 3. The Hall–Kier alpha value is -2.67. The number of aliphatic hydroxyl groups excluding tert-OH is 1. The monoisotopic (exact) mass is 497 g/mol. The van der Waals surface area contributed by atoms with Gasteiger partial charge in [-0.3, -0.25) is 4.79 Å². The molecule has 1 aliphatic carbocycles. The first-order chi connectivity index (χ1) is 15.8. The molecule has 1 aromatic heterocycles. The van der Waals surface area contributed by atoms with Crippen molar-refractivity contribution in [2.24, 2.45) is 0 Å². The number of amides is 1. The number of aliphatic hydroxyl groups is 1. The van der Waals surface area contributed by atoms with Crippen LogP contribution in [-0.4, -0.2) is 40.5 Å². The van der Waals surface area contributed by atoms with Crippen LogP contribution in [0.3, 0.4) is 0 Å². The summed E-state index contributed by atoms with van der Waals surface area (Å²) in [4.78, 5) is 12.8. The van der Waals surface area contributed by atoms with Gasteiger partial charge in [0, 0.05) is 23.7 Å². The van der Waals surface area contributed by atoms with E-state index in [1.54, 1.807) is 0 Å². The summed E-state index contributed by atoms with van der Waals surface area (Å²) in [6.07, 6.45) is -8.11. The summed E-state index contributed by atoms with van der Waals surface area (Å²) >= 11 is 0. The van der Waals surface area contributed by atoms with Gasteiger partial charge in [-0.1, -0.05) is 11.2 Å². The molecular weight excluding hydrogens is 475 g/mol. The van der Waals surface area contributed by atoms with E-state index >= 15 is 0 Å². The number of carbonyl (C=O) groups excluding carboxylic acids is 1. The minimum absolute atomic E-state index is 0.177. The highest BCUT2D eigenvalue weighted by Crippen LogP contribution is 2.35. The van der Waals surface area contributed by atoms with Crippen LogP contribution in [0, 0.1) is 5.82 Å². The number of alkyl halides is 6. The van der Waals surface area contributed by atoms with Crippen molar-refractivity contribution < 1.29 is 45.2 Å². The van der Waals surface area contributed by atoms with Crippen LogP contribution in [-0.2, 0) is 12.7 Å². The number of benzene rings is 1. The number of nitrogens with zero attached hydrogens (tertiary/aromatic N) is 1. The molecule has 188 valence electrons. The van der Waals surface area contributed by atoms with Crippen molar-refractivity contribution in [2.45, 2.75) is 69.7 Å². The van der Waals surface area contributed by atoms with Crippen LogP contribution in [0.25, 0.3) is 11.3 Å². The van der Waals surface area contributed by atoms with E-state index in [0.29, 0.717) is 31.4 Å². The Bertz CT molecular complexity index is 1020. The second kappa shape index (κ2) is 9.90. The highest BCUT2D eigenvalue weighted by atomic mass is 19.4. The number of halogens is 7. The molecule has 34 heavy (non-hydrogen) atoms. The van der Waals surface area contributed by atoms with Gasteiger partial charge < -0.3 is 20.3 Å². The van der Waals surface area contributed by atoms with E-state index in [4.69, 9.17) is 4.52 Å². The molecule has 3 N–H and O–H groups in total. The van der Waals surface area contributed by atoms with Crippen LogP contribution in [0.15, 0.2) is 22.7 Å². The van der Waals surface area contributed by atoms with Crippen LogP contribution in [0.2, 0.25) is 0 Å². The molecule has 3 atom stereocenters. The highest BCUT2D eigenvalue weighted by molar-refractivity contribution is 5.95. The molecule has 0 bridgehead atoms. The van der Waals surface area contributed by atoms with Crippen molar-refractivity contribution in [1.29, 1.82) is 0 Å². The van der Waals surface area contributed by atoms with Gasteiger partial charge in [0.1, 0.15) is 11.9 Å². The van der Waals surface area contributed by atoms with E-state index in [1.165, 1.54) is 0 Å². The van der Waals surface area contributed by atoms with Crippen molar-refractivity contribution in [1.82, 2.24) is 15.8 Å². The maximum absolute atomic E-state index is 14.1. The van der Waals surface area contributed by atoms with Crippen LogP contribution in [0.1, 0.15) is 54.2 Å². The van der Waals surface area contributed by atoms with Gasteiger partial charge in [-0.2, -0.15) is 26.3 Å². The van der Waals surface area contributed by atoms with Crippen molar-refractivity contribution in [3.8, 4) is 11.3 Å². The first-order valence-electron chi connectivity index (χ1n) is 10.4. The summed E-state index contributed by atoms with van der Waals surface area (Å²) in [5.41, 5.74) is -2.34. The van der Waals surface area contributed by atoms with E-state index in [9.17, 15) is 40.6 Å². The Morgan fingerprint density at radius 2 is 1.94 bits per heavy atom. The zero-order valence-electron chi connectivity index (χ0n) is 17.9. The standard InChI is InChI=1S/C21H22F7N3O3/c1-10(20(23,24)25)29-9-14-17(19(33)30-12-3-2-4-13(32)8-12)31-34-18(14)11-5-6-15(16(22)7-11)21(26,27)28/h5-7,10,12-13,29,32H,2-4,8-9H2,1H3,(H,30,33)/t10?,12-,13+/m0/s1. The van der Waals surface area contributed by atoms with Gasteiger partial charge in [-0.25, -0.2) is 4.39 Å². The fourth-order valence-electron chi connectivity index (χ4n) is 3.68. The lowest BCUT2D eigenvalue weighted by Crippen LogP contribution is -2.41. The maximum atomic E-state index is 14.1. The van der Waals surface area contributed by atoms with Crippen LogP contribution in [0.4, 0.5) is 30.7 Å². The highest BCUT2D eigenvalue weighted by Gasteiger charge is 2.37. The van der Waals surface area contributed by atoms with Gasteiger partial charge >= 0.3 is 12.4 Å². The number of hydrogen-bond acceptors (Lipinski definition) is 5. The zero-order chi connectivity index (χ0) is 25.3. The first-order valence-corrected chi connectivity index (χ1v) is 10.4. The lowest BCUT2D eigenvalue weighted by atomic mass is 9.93. The molecule has 1 fully saturated rings. The minimum atomic E-state index is -4.95. The van der Waals surface area contributed by atoms with Crippen molar-refractivity contribution >= 4 is 5.91 Å². The fourth-order valence-corrected chi connectivity index (χ4v) is 3.68. The van der Waals surface area contributed by atoms with Crippen molar-refractivity contribution in [3.63, 3.8) is 0 Å². The van der Waals surface area contributed by atoms with Crippen molar-refractivity contribution in [3.05, 3.63) is 40.8 Å². The van der Waals surface area contributed by atoms with Crippen LogP contribution in [0.5, 0.6) is 0 Å². The van der Waals surface area contributed by atoms with Gasteiger partial charge in [-0.15, -0.1) is 0 Å². The SMILES string of the molecule is CC(NCc1c(C(=O)N[C@H]2CCC[C@@H](O)C2)noc1-c1ccc(C(F)(F)F)c(F)c1)C(F)(F)F. The van der Waals surface area contributed by atoms with Gasteiger partial charge in [-0.05, 0) is 44.7 Å². The molecule has 0 radical (unpaired) electrons. The number of nitrogens with one attached hydrogen (secondary N) is 2. The zero-order valence-corrected chi connectivity index (χ0v) is 17.9. The maximum Gasteiger partial charge on any atom is 0.419 e. The smallest absolute Gasteiger partial charge is 0.393 e. The van der Waals surface area contributed by atoms with E-state index in [1.807, 2.05) is 0 Å². The number of carbonyl (C=O) groups is 1. The summed E-state index contributed by atoms with van der Waals surface area (Å²) in [5.74, 6) is -2.76. The average Bonchev–Trinajstić information content (AvgIpc) is 3.14. The molecule has 6 nitrogen and oxygen atoms in total. The summed E-state index contributed by atoms with van der Waals surface area (Å²) in [6.45, 7) is 0.256. The van der Waals surface area contributed by atoms with E-state index < -0.39 is 60.1 Å². The summed E-state index contributed by atoms with van der Waals surface area (Å²) in [6, 6.07) is -0.549. The Morgan fingerprint density at radius 3 is 2.53 bits per heavy atom. The quantitative estimate of drug-likeness (QED) is 0.509. The van der Waals surface area contributed by atoms with Crippen LogP contribution >= 0.6 is 0 Å². The predicted octanol–water partition coefficient (Wildman–Crippen LogP) is 4.57. The predicted molar refractivity (Wildman–Crippen MR) is 105 cm³/mol. The summed E-state index contributed by atoms with van der Waals surface area (Å²) < 4.78 is 96.7. The number of rotatable bonds is 6. The molecule has 1 aromatic carbocycles. The van der Waals surface area contributed by atoms with E-state index in [2.05, 4.69) is 15.8 Å². The molecule has 0 spiro atoms. The third-order valence-corrected chi connectivity index (χ3v) is 5.60. The molecule has 1 saturated carbocycles. The lowest BCUT2D eigenvalue weighted by Gasteiger charge is -2.26. The Morgan fingerprint density at radius 1 is 1.24 bits per heavy atom. The fraction of sp³-hybridized carbons (Fsp3) is 0.524. The van der Waals surface area contributed by atoms with Crippen LogP contribution < -0.4 is 10.6 Å². The van der Waals surface area contributed by atoms with Gasteiger partial charge in [0.15, 0.2) is 11.5 Å². The largest absolute Gasteiger partial charge is 0.419 e. The number of aromatic nitrogens is 1. The summed E-state index contributed by atoms with van der Waals surface area (Å²) in [5, 5.41) is 18.2. The molecule has 0 saturated heterocycles. The Balaban J connectivity index is 1.94. The molecule has 1 heterocycles. The molecule has 1 amide bonds. The minimum Gasteiger partial charge on any atom is -0.393 e. The molecule has 1 unspecified atom stereocenters.